The first-order chi connectivity index (χ1) is 13.6. The molecule has 4 aromatic rings. The van der Waals surface area contributed by atoms with Crippen molar-refractivity contribution in [2.45, 2.75) is 13.8 Å². The first kappa shape index (κ1) is 18.2. The molecule has 0 bridgehead atoms. The third-order valence-electron chi connectivity index (χ3n) is 4.27. The quantitative estimate of drug-likeness (QED) is 0.506. The molecule has 5 nitrogen and oxygen atoms in total. The number of hydrogen-bond donors (Lipinski definition) is 1. The zero-order chi connectivity index (χ0) is 19.7. The Balaban J connectivity index is 1.68. The number of nitrogens with zero attached hydrogens (tertiary/aromatic N) is 2. The number of para-hydroxylation sites is 2. The molecule has 0 aliphatic heterocycles. The number of halogens is 1. The van der Waals surface area contributed by atoms with E-state index >= 15 is 0 Å². The molecule has 0 atom stereocenters. The highest BCUT2D eigenvalue weighted by Gasteiger charge is 2.18. The van der Waals surface area contributed by atoms with Crippen LogP contribution in [-0.2, 0) is 0 Å². The summed E-state index contributed by atoms with van der Waals surface area (Å²) in [7, 11) is 0. The molecule has 2 heterocycles. The maximum atomic E-state index is 13.2. The van der Waals surface area contributed by atoms with Gasteiger partial charge in [-0.05, 0) is 56.3 Å². The molecule has 0 radical (unpaired) electrons. The molecule has 7 heteroatoms. The SMILES string of the molecule is CCOc1ccccc1NC(=O)c1cc2c(C)nn(-c3ccc(F)cc3)c2s1. The molecule has 0 saturated carbocycles. The lowest BCUT2D eigenvalue weighted by atomic mass is 10.2. The van der Waals surface area contributed by atoms with E-state index in [4.69, 9.17) is 4.74 Å². The van der Waals surface area contributed by atoms with Crippen molar-refractivity contribution in [2.75, 3.05) is 11.9 Å². The largest absolute Gasteiger partial charge is 0.492 e. The van der Waals surface area contributed by atoms with E-state index in [-0.39, 0.29) is 11.7 Å². The molecule has 28 heavy (non-hydrogen) atoms. The maximum absolute atomic E-state index is 13.2. The number of hydrogen-bond acceptors (Lipinski definition) is 4. The van der Waals surface area contributed by atoms with Gasteiger partial charge in [-0.15, -0.1) is 11.3 Å². The fourth-order valence-electron chi connectivity index (χ4n) is 2.95. The number of carbonyl (C=O) groups is 1. The zero-order valence-corrected chi connectivity index (χ0v) is 16.2. The fraction of sp³-hybridized carbons (Fsp3) is 0.143. The average molecular weight is 395 g/mol. The summed E-state index contributed by atoms with van der Waals surface area (Å²) >= 11 is 1.34. The van der Waals surface area contributed by atoms with Gasteiger partial charge in [0, 0.05) is 5.39 Å². The van der Waals surface area contributed by atoms with Gasteiger partial charge >= 0.3 is 0 Å². The van der Waals surface area contributed by atoms with Crippen molar-refractivity contribution in [1.82, 2.24) is 9.78 Å². The van der Waals surface area contributed by atoms with Crippen LogP contribution in [0.15, 0.2) is 54.6 Å². The van der Waals surface area contributed by atoms with E-state index in [2.05, 4.69) is 10.4 Å². The normalized spacial score (nSPS) is 11.0. The minimum absolute atomic E-state index is 0.210. The Morgan fingerprint density at radius 3 is 2.71 bits per heavy atom. The smallest absolute Gasteiger partial charge is 0.265 e. The Morgan fingerprint density at radius 1 is 1.21 bits per heavy atom. The van der Waals surface area contributed by atoms with Crippen molar-refractivity contribution in [3.05, 3.63) is 71.0 Å². The number of rotatable bonds is 5. The predicted octanol–water partition coefficient (Wildman–Crippen LogP) is 5.19. The van der Waals surface area contributed by atoms with E-state index < -0.39 is 0 Å². The first-order valence-electron chi connectivity index (χ1n) is 8.85. The number of aromatic nitrogens is 2. The molecule has 2 aromatic carbocycles. The summed E-state index contributed by atoms with van der Waals surface area (Å²) in [5, 5.41) is 8.34. The Bertz CT molecular complexity index is 1150. The van der Waals surface area contributed by atoms with Crippen LogP contribution < -0.4 is 10.1 Å². The van der Waals surface area contributed by atoms with Gasteiger partial charge in [0.2, 0.25) is 0 Å². The number of benzene rings is 2. The van der Waals surface area contributed by atoms with Gasteiger partial charge in [-0.3, -0.25) is 4.79 Å². The van der Waals surface area contributed by atoms with Crippen molar-refractivity contribution in [3.63, 3.8) is 0 Å². The monoisotopic (exact) mass is 395 g/mol. The van der Waals surface area contributed by atoms with Crippen molar-refractivity contribution in [2.24, 2.45) is 0 Å². The molecule has 4 rings (SSSR count). The minimum atomic E-state index is -0.303. The number of ether oxygens (including phenoxy) is 1. The second-order valence-electron chi connectivity index (χ2n) is 6.19. The van der Waals surface area contributed by atoms with Crippen LogP contribution in [0.5, 0.6) is 5.75 Å². The summed E-state index contributed by atoms with van der Waals surface area (Å²) in [6.45, 7) is 4.30. The standard InChI is InChI=1S/C21H18FN3O2S/c1-3-27-18-7-5-4-6-17(18)23-20(26)19-12-16-13(2)24-25(21(16)28-19)15-10-8-14(22)9-11-15/h4-12H,3H2,1-2H3,(H,23,26). The maximum Gasteiger partial charge on any atom is 0.265 e. The van der Waals surface area contributed by atoms with Gasteiger partial charge in [0.25, 0.3) is 5.91 Å². The van der Waals surface area contributed by atoms with Crippen LogP contribution in [0.2, 0.25) is 0 Å². The van der Waals surface area contributed by atoms with E-state index in [0.717, 1.165) is 21.6 Å². The van der Waals surface area contributed by atoms with E-state index in [1.54, 1.807) is 16.8 Å². The highest BCUT2D eigenvalue weighted by atomic mass is 32.1. The minimum Gasteiger partial charge on any atom is -0.492 e. The molecule has 0 spiro atoms. The summed E-state index contributed by atoms with van der Waals surface area (Å²) in [5.74, 6) is 0.120. The first-order valence-corrected chi connectivity index (χ1v) is 9.66. The van der Waals surface area contributed by atoms with Gasteiger partial charge in [-0.2, -0.15) is 5.10 Å². The third kappa shape index (κ3) is 3.36. The topological polar surface area (TPSA) is 56.1 Å². The highest BCUT2D eigenvalue weighted by molar-refractivity contribution is 7.20. The number of anilines is 1. The Hall–Kier alpha value is -3.19. The molecular weight excluding hydrogens is 377 g/mol. The van der Waals surface area contributed by atoms with Crippen LogP contribution in [0.1, 0.15) is 22.3 Å². The van der Waals surface area contributed by atoms with Crippen LogP contribution >= 0.6 is 11.3 Å². The summed E-state index contributed by atoms with van der Waals surface area (Å²) in [6, 6.07) is 15.3. The number of amides is 1. The van der Waals surface area contributed by atoms with E-state index in [0.29, 0.717) is 22.9 Å². The molecule has 1 amide bonds. The molecule has 0 aliphatic carbocycles. The molecule has 2 aromatic heterocycles. The molecule has 0 aliphatic rings. The number of carbonyl (C=O) groups excluding carboxylic acids is 1. The molecule has 0 saturated heterocycles. The van der Waals surface area contributed by atoms with Crippen LogP contribution in [-0.4, -0.2) is 22.3 Å². The van der Waals surface area contributed by atoms with Gasteiger partial charge in [0.05, 0.1) is 28.6 Å². The Morgan fingerprint density at radius 2 is 1.96 bits per heavy atom. The Labute approximate surface area is 165 Å². The number of aryl methyl sites for hydroxylation is 1. The molecular formula is C21H18FN3O2S. The average Bonchev–Trinajstić information content (AvgIpc) is 3.25. The third-order valence-corrected chi connectivity index (χ3v) is 5.38. The number of fused-ring (bicyclic) bond motifs is 1. The molecule has 0 fully saturated rings. The van der Waals surface area contributed by atoms with Gasteiger partial charge in [-0.1, -0.05) is 12.1 Å². The van der Waals surface area contributed by atoms with Crippen LogP contribution in [0.25, 0.3) is 15.9 Å². The molecule has 0 unspecified atom stereocenters. The highest BCUT2D eigenvalue weighted by Crippen LogP contribution is 2.32. The van der Waals surface area contributed by atoms with Crippen LogP contribution in [0, 0.1) is 12.7 Å². The van der Waals surface area contributed by atoms with Crippen molar-refractivity contribution in [3.8, 4) is 11.4 Å². The fourth-order valence-corrected chi connectivity index (χ4v) is 4.03. The summed E-state index contributed by atoms with van der Waals surface area (Å²) < 4.78 is 20.5. The van der Waals surface area contributed by atoms with Crippen LogP contribution in [0.3, 0.4) is 0 Å². The lowest BCUT2D eigenvalue weighted by Crippen LogP contribution is -2.11. The molecule has 1 N–H and O–H groups in total. The number of nitrogens with one attached hydrogen (secondary N) is 1. The number of thiophene rings is 1. The lowest BCUT2D eigenvalue weighted by Gasteiger charge is -2.10. The van der Waals surface area contributed by atoms with Crippen molar-refractivity contribution < 1.29 is 13.9 Å². The van der Waals surface area contributed by atoms with Gasteiger partial charge in [0.1, 0.15) is 16.4 Å². The van der Waals surface area contributed by atoms with Gasteiger partial charge in [-0.25, -0.2) is 9.07 Å². The van der Waals surface area contributed by atoms with Crippen molar-refractivity contribution in [1.29, 1.82) is 0 Å². The van der Waals surface area contributed by atoms with Gasteiger partial charge in [0.15, 0.2) is 0 Å². The lowest BCUT2D eigenvalue weighted by molar-refractivity contribution is 0.103. The second-order valence-corrected chi connectivity index (χ2v) is 7.22. The predicted molar refractivity (Wildman–Crippen MR) is 109 cm³/mol. The summed E-state index contributed by atoms with van der Waals surface area (Å²) in [4.78, 5) is 14.2. The molecule has 142 valence electrons. The van der Waals surface area contributed by atoms with E-state index in [1.807, 2.05) is 44.2 Å². The van der Waals surface area contributed by atoms with E-state index in [1.165, 1.54) is 23.5 Å². The summed E-state index contributed by atoms with van der Waals surface area (Å²) in [5.41, 5.74) is 2.18. The second kappa shape index (κ2) is 7.44. The Kier molecular flexibility index (Phi) is 4.83. The zero-order valence-electron chi connectivity index (χ0n) is 15.4. The summed E-state index contributed by atoms with van der Waals surface area (Å²) in [6.07, 6.45) is 0. The van der Waals surface area contributed by atoms with E-state index in [9.17, 15) is 9.18 Å². The van der Waals surface area contributed by atoms with Crippen molar-refractivity contribution >= 4 is 33.1 Å². The van der Waals surface area contributed by atoms with Gasteiger partial charge < -0.3 is 10.1 Å². The van der Waals surface area contributed by atoms with Crippen LogP contribution in [0.4, 0.5) is 10.1 Å².